The van der Waals surface area contributed by atoms with Gasteiger partial charge < -0.3 is 10.5 Å². The molecule has 0 fully saturated rings. The number of aryl methyl sites for hydroxylation is 2. The molecule has 0 bridgehead atoms. The average molecular weight is 353 g/mol. The normalized spacial score (nSPS) is 11.1. The van der Waals surface area contributed by atoms with Crippen LogP contribution in [0.25, 0.3) is 11.2 Å². The van der Waals surface area contributed by atoms with Gasteiger partial charge >= 0.3 is 0 Å². The fraction of sp³-hybridized carbons (Fsp3) is 0.231. The first kappa shape index (κ1) is 13.4. The highest BCUT2D eigenvalue weighted by molar-refractivity contribution is 9.11. The van der Waals surface area contributed by atoms with E-state index in [0.29, 0.717) is 11.8 Å². The highest BCUT2D eigenvalue weighted by Gasteiger charge is 2.11. The molecule has 7 heteroatoms. The van der Waals surface area contributed by atoms with E-state index >= 15 is 0 Å². The number of aromatic nitrogens is 3. The first-order chi connectivity index (χ1) is 9.67. The third-order valence-electron chi connectivity index (χ3n) is 3.02. The molecule has 0 aliphatic carbocycles. The van der Waals surface area contributed by atoms with Crippen LogP contribution in [0.5, 0.6) is 5.88 Å². The Kier molecular flexibility index (Phi) is 3.62. The summed E-state index contributed by atoms with van der Waals surface area (Å²) in [6.45, 7) is 0.745. The lowest BCUT2D eigenvalue weighted by atomic mass is 10.3. The molecule has 104 valence electrons. The maximum atomic E-state index is 5.98. The van der Waals surface area contributed by atoms with E-state index in [0.717, 1.165) is 27.9 Å². The van der Waals surface area contributed by atoms with Crippen LogP contribution in [0.4, 0.5) is 5.95 Å². The van der Waals surface area contributed by atoms with Crippen molar-refractivity contribution in [3.8, 4) is 5.88 Å². The number of halogens is 1. The third-order valence-corrected chi connectivity index (χ3v) is 4.70. The van der Waals surface area contributed by atoms with Crippen molar-refractivity contribution in [2.45, 2.75) is 13.0 Å². The Balaban J connectivity index is 1.91. The van der Waals surface area contributed by atoms with Crippen molar-refractivity contribution in [2.75, 3.05) is 12.8 Å². The molecule has 3 aromatic heterocycles. The summed E-state index contributed by atoms with van der Waals surface area (Å²) < 4.78 is 8.21. The van der Waals surface area contributed by atoms with Gasteiger partial charge in [0, 0.05) is 17.5 Å². The summed E-state index contributed by atoms with van der Waals surface area (Å²) in [6.07, 6.45) is 0.894. The maximum Gasteiger partial charge on any atom is 0.215 e. The molecule has 2 N–H and O–H groups in total. The number of methoxy groups -OCH3 is 1. The largest absolute Gasteiger partial charge is 0.481 e. The van der Waals surface area contributed by atoms with E-state index in [-0.39, 0.29) is 0 Å². The number of hydrogen-bond acceptors (Lipinski definition) is 5. The van der Waals surface area contributed by atoms with Crippen LogP contribution in [0.2, 0.25) is 0 Å². The molecule has 3 heterocycles. The van der Waals surface area contributed by atoms with Gasteiger partial charge in [-0.05, 0) is 40.5 Å². The summed E-state index contributed by atoms with van der Waals surface area (Å²) in [7, 11) is 1.60. The Morgan fingerprint density at radius 3 is 2.85 bits per heavy atom. The van der Waals surface area contributed by atoms with Crippen molar-refractivity contribution >= 4 is 44.4 Å². The SMILES string of the molecule is COc1ccc2nc(N)n(CCc3ccc(Br)s3)c2n1. The molecule has 20 heavy (non-hydrogen) atoms. The Morgan fingerprint density at radius 2 is 2.15 bits per heavy atom. The van der Waals surface area contributed by atoms with Gasteiger partial charge in [-0.1, -0.05) is 0 Å². The van der Waals surface area contributed by atoms with Crippen LogP contribution >= 0.6 is 27.3 Å². The van der Waals surface area contributed by atoms with Gasteiger partial charge in [0.25, 0.3) is 0 Å². The molecule has 0 aromatic carbocycles. The Hall–Kier alpha value is -1.60. The van der Waals surface area contributed by atoms with E-state index in [1.54, 1.807) is 24.5 Å². The maximum absolute atomic E-state index is 5.98. The number of nitrogens with zero attached hydrogens (tertiary/aromatic N) is 3. The summed E-state index contributed by atoms with van der Waals surface area (Å²) in [4.78, 5) is 10.0. The summed E-state index contributed by atoms with van der Waals surface area (Å²) in [6, 6.07) is 7.82. The average Bonchev–Trinajstić information content (AvgIpc) is 2.98. The number of hydrogen-bond donors (Lipinski definition) is 1. The van der Waals surface area contributed by atoms with Crippen LogP contribution in [0.1, 0.15) is 4.88 Å². The monoisotopic (exact) mass is 352 g/mol. The quantitative estimate of drug-likeness (QED) is 0.783. The first-order valence-corrected chi connectivity index (χ1v) is 7.69. The Morgan fingerprint density at radius 1 is 1.30 bits per heavy atom. The minimum Gasteiger partial charge on any atom is -0.481 e. The van der Waals surface area contributed by atoms with Crippen molar-refractivity contribution in [3.05, 3.63) is 32.9 Å². The molecule has 0 saturated heterocycles. The first-order valence-electron chi connectivity index (χ1n) is 6.08. The Labute approximate surface area is 128 Å². The van der Waals surface area contributed by atoms with Crippen molar-refractivity contribution in [3.63, 3.8) is 0 Å². The molecule has 0 saturated carbocycles. The zero-order valence-electron chi connectivity index (χ0n) is 10.8. The van der Waals surface area contributed by atoms with Gasteiger partial charge in [0.1, 0.15) is 5.52 Å². The molecule has 0 aliphatic rings. The lowest BCUT2D eigenvalue weighted by molar-refractivity contribution is 0.399. The van der Waals surface area contributed by atoms with Gasteiger partial charge in [0.05, 0.1) is 10.9 Å². The number of thiophene rings is 1. The van der Waals surface area contributed by atoms with Crippen LogP contribution in [0.15, 0.2) is 28.1 Å². The van der Waals surface area contributed by atoms with E-state index in [9.17, 15) is 0 Å². The number of nitrogens with two attached hydrogens (primary N) is 1. The molecule has 0 radical (unpaired) electrons. The molecule has 0 aliphatic heterocycles. The predicted molar refractivity (Wildman–Crippen MR) is 84.2 cm³/mol. The van der Waals surface area contributed by atoms with E-state index < -0.39 is 0 Å². The van der Waals surface area contributed by atoms with E-state index in [4.69, 9.17) is 10.5 Å². The van der Waals surface area contributed by atoms with Crippen LogP contribution < -0.4 is 10.5 Å². The molecule has 0 spiro atoms. The van der Waals surface area contributed by atoms with E-state index in [1.165, 1.54) is 4.88 Å². The van der Waals surface area contributed by atoms with Gasteiger partial charge in [-0.3, -0.25) is 4.57 Å². The molecule has 5 nitrogen and oxygen atoms in total. The minimum absolute atomic E-state index is 0.483. The second-order valence-electron chi connectivity index (χ2n) is 4.27. The number of rotatable bonds is 4. The van der Waals surface area contributed by atoms with Gasteiger partial charge in [-0.15, -0.1) is 11.3 Å². The molecular formula is C13H13BrN4OS. The molecular weight excluding hydrogens is 340 g/mol. The third kappa shape index (κ3) is 2.51. The van der Waals surface area contributed by atoms with Crippen molar-refractivity contribution in [1.82, 2.24) is 14.5 Å². The summed E-state index contributed by atoms with van der Waals surface area (Å²) in [5, 5.41) is 0. The number of anilines is 1. The van der Waals surface area contributed by atoms with Crippen LogP contribution in [-0.2, 0) is 13.0 Å². The fourth-order valence-corrected chi connectivity index (χ4v) is 3.52. The fourth-order valence-electron chi connectivity index (χ4n) is 2.04. The molecule has 0 atom stereocenters. The second kappa shape index (κ2) is 5.41. The molecule has 3 aromatic rings. The van der Waals surface area contributed by atoms with Crippen LogP contribution in [0.3, 0.4) is 0 Å². The summed E-state index contributed by atoms with van der Waals surface area (Å²) in [5.74, 6) is 1.05. The number of pyridine rings is 1. The van der Waals surface area contributed by atoms with Crippen molar-refractivity contribution < 1.29 is 4.74 Å². The van der Waals surface area contributed by atoms with E-state index in [2.05, 4.69) is 38.0 Å². The summed E-state index contributed by atoms with van der Waals surface area (Å²) >= 11 is 5.20. The van der Waals surface area contributed by atoms with Gasteiger partial charge in [0.15, 0.2) is 5.65 Å². The molecule has 0 amide bonds. The number of nitrogen functional groups attached to an aromatic ring is 1. The van der Waals surface area contributed by atoms with Crippen LogP contribution in [0, 0.1) is 0 Å². The standard InChI is InChI=1S/C13H13BrN4OS/c1-19-11-5-3-9-12(17-11)18(13(15)16-9)7-6-8-2-4-10(14)20-8/h2-5H,6-7H2,1H3,(H2,15,16). The topological polar surface area (TPSA) is 66.0 Å². The Bertz CT molecular complexity index is 752. The molecule has 0 unspecified atom stereocenters. The van der Waals surface area contributed by atoms with Gasteiger partial charge in [0.2, 0.25) is 11.8 Å². The van der Waals surface area contributed by atoms with Gasteiger partial charge in [-0.25, -0.2) is 4.98 Å². The number of fused-ring (bicyclic) bond motifs is 1. The van der Waals surface area contributed by atoms with E-state index in [1.807, 2.05) is 10.6 Å². The zero-order valence-corrected chi connectivity index (χ0v) is 13.2. The van der Waals surface area contributed by atoms with Crippen LogP contribution in [-0.4, -0.2) is 21.6 Å². The highest BCUT2D eigenvalue weighted by atomic mass is 79.9. The zero-order chi connectivity index (χ0) is 14.1. The second-order valence-corrected chi connectivity index (χ2v) is 6.82. The minimum atomic E-state index is 0.483. The number of imidazole rings is 1. The van der Waals surface area contributed by atoms with Crippen molar-refractivity contribution in [2.24, 2.45) is 0 Å². The molecule has 3 rings (SSSR count). The predicted octanol–water partition coefficient (Wildman–Crippen LogP) is 3.09. The smallest absolute Gasteiger partial charge is 0.215 e. The number of ether oxygens (including phenoxy) is 1. The lowest BCUT2D eigenvalue weighted by Gasteiger charge is -2.05. The lowest BCUT2D eigenvalue weighted by Crippen LogP contribution is -2.06. The highest BCUT2D eigenvalue weighted by Crippen LogP contribution is 2.24. The van der Waals surface area contributed by atoms with Crippen molar-refractivity contribution in [1.29, 1.82) is 0 Å². The summed E-state index contributed by atoms with van der Waals surface area (Å²) in [5.41, 5.74) is 7.53. The van der Waals surface area contributed by atoms with Gasteiger partial charge in [-0.2, -0.15) is 4.98 Å².